The zero-order valence-electron chi connectivity index (χ0n) is 22.5. The largest absolute Gasteiger partial charge is 0.454 e. The molecule has 0 saturated carbocycles. The number of amides is 1. The molecule has 218 valence electrons. The first-order valence-electron chi connectivity index (χ1n) is 13.6. The summed E-state index contributed by atoms with van der Waals surface area (Å²) in [5.41, 5.74) is 1.67. The van der Waals surface area contributed by atoms with Gasteiger partial charge in [-0.1, -0.05) is 36.1 Å². The third-order valence-electron chi connectivity index (χ3n) is 7.94. The van der Waals surface area contributed by atoms with Crippen LogP contribution in [0.15, 0.2) is 52.3 Å². The van der Waals surface area contributed by atoms with Crippen molar-refractivity contribution in [3.8, 4) is 11.5 Å². The van der Waals surface area contributed by atoms with Gasteiger partial charge in [0.25, 0.3) is 11.5 Å². The van der Waals surface area contributed by atoms with Gasteiger partial charge in [-0.05, 0) is 42.3 Å². The Morgan fingerprint density at radius 1 is 1.07 bits per heavy atom. The maximum absolute atomic E-state index is 13.8. The van der Waals surface area contributed by atoms with E-state index >= 15 is 0 Å². The summed E-state index contributed by atoms with van der Waals surface area (Å²) in [4.78, 5) is 38.2. The number of nitrogens with zero attached hydrogens (tertiary/aromatic N) is 5. The number of pyridine rings is 1. The van der Waals surface area contributed by atoms with E-state index in [9.17, 15) is 18.0 Å². The molecule has 1 aromatic carbocycles. The summed E-state index contributed by atoms with van der Waals surface area (Å²) in [6.07, 6.45) is 3.58. The number of ether oxygens (including phenoxy) is 2. The first-order chi connectivity index (χ1) is 20.3. The third kappa shape index (κ3) is 5.06. The first kappa shape index (κ1) is 27.4. The van der Waals surface area contributed by atoms with Gasteiger partial charge in [0.15, 0.2) is 21.3 Å². The van der Waals surface area contributed by atoms with E-state index in [0.29, 0.717) is 45.8 Å². The van der Waals surface area contributed by atoms with Crippen LogP contribution in [-0.2, 0) is 21.2 Å². The second kappa shape index (κ2) is 10.7. The Kier molecular flexibility index (Phi) is 6.95. The van der Waals surface area contributed by atoms with Gasteiger partial charge in [-0.3, -0.25) is 23.8 Å². The number of anilines is 1. The molecule has 0 spiro atoms. The highest BCUT2D eigenvalue weighted by atomic mass is 32.2. The Hall–Kier alpha value is -3.46. The van der Waals surface area contributed by atoms with Crippen molar-refractivity contribution in [2.24, 2.45) is 0 Å². The average Bonchev–Trinajstić information content (AvgIpc) is 3.66. The monoisotopic (exact) mass is 625 g/mol. The molecule has 1 unspecified atom stereocenters. The molecule has 11 nitrogen and oxygen atoms in total. The van der Waals surface area contributed by atoms with Crippen LogP contribution in [-0.4, -0.2) is 88.3 Å². The second-order valence-corrected chi connectivity index (χ2v) is 14.5. The summed E-state index contributed by atoms with van der Waals surface area (Å²) in [6, 6.07) is 10.9. The van der Waals surface area contributed by atoms with Crippen molar-refractivity contribution in [3.63, 3.8) is 0 Å². The number of sulfone groups is 1. The molecule has 2 aromatic heterocycles. The fraction of sp³-hybridized carbons (Fsp3) is 0.357. The molecule has 3 saturated heterocycles. The van der Waals surface area contributed by atoms with Gasteiger partial charge in [0, 0.05) is 38.9 Å². The Balaban J connectivity index is 1.16. The van der Waals surface area contributed by atoms with Crippen LogP contribution in [0.5, 0.6) is 11.5 Å². The number of hydrogen-bond donors (Lipinski definition) is 0. The molecule has 4 aliphatic heterocycles. The number of carbonyl (C=O) groups excluding carboxylic acids is 1. The summed E-state index contributed by atoms with van der Waals surface area (Å²) in [5, 5.41) is 0. The van der Waals surface area contributed by atoms with Crippen LogP contribution in [0.25, 0.3) is 11.7 Å². The van der Waals surface area contributed by atoms with Crippen LogP contribution >= 0.6 is 24.0 Å². The molecule has 0 radical (unpaired) electrons. The molecule has 3 aromatic rings. The molecule has 0 bridgehead atoms. The zero-order valence-corrected chi connectivity index (χ0v) is 24.9. The van der Waals surface area contributed by atoms with Crippen molar-refractivity contribution in [3.05, 3.63) is 69.0 Å². The summed E-state index contributed by atoms with van der Waals surface area (Å²) >= 11 is 6.58. The quantitative estimate of drug-likeness (QED) is 0.307. The highest BCUT2D eigenvalue weighted by molar-refractivity contribution is 8.26. The number of carbonyl (C=O) groups is 1. The summed E-state index contributed by atoms with van der Waals surface area (Å²) in [5.74, 6) is 1.60. The molecular formula is C28H27N5O6S3. The van der Waals surface area contributed by atoms with Gasteiger partial charge in [0.2, 0.25) is 6.79 Å². The third-order valence-corrected chi connectivity index (χ3v) is 11.0. The molecular weight excluding hydrogens is 599 g/mol. The van der Waals surface area contributed by atoms with E-state index < -0.39 is 15.9 Å². The highest BCUT2D eigenvalue weighted by Crippen LogP contribution is 2.37. The van der Waals surface area contributed by atoms with Gasteiger partial charge < -0.3 is 14.4 Å². The van der Waals surface area contributed by atoms with Gasteiger partial charge in [-0.15, -0.1) is 0 Å². The van der Waals surface area contributed by atoms with Gasteiger partial charge in [0.05, 0.1) is 28.0 Å². The lowest BCUT2D eigenvalue weighted by molar-refractivity contribution is -0.123. The maximum atomic E-state index is 13.8. The Bertz CT molecular complexity index is 1820. The SMILES string of the molecule is O=C1C(=Cc2c(N3CCN(Cc4ccc5c(c4)OCO5)CC3)nc3ccccn3c2=O)SC(=S)N1C1CCS(=O)(=O)C1. The molecule has 6 heterocycles. The molecule has 0 N–H and O–H groups in total. The second-order valence-electron chi connectivity index (χ2n) is 10.6. The van der Waals surface area contributed by atoms with Crippen LogP contribution in [0.2, 0.25) is 0 Å². The number of benzene rings is 1. The number of hydrogen-bond acceptors (Lipinski definition) is 11. The lowest BCUT2D eigenvalue weighted by Crippen LogP contribution is -2.47. The Morgan fingerprint density at radius 3 is 2.67 bits per heavy atom. The van der Waals surface area contributed by atoms with Crippen LogP contribution in [0.1, 0.15) is 17.5 Å². The van der Waals surface area contributed by atoms with Crippen LogP contribution in [0.4, 0.5) is 5.82 Å². The fourth-order valence-corrected chi connectivity index (χ4v) is 8.86. The smallest absolute Gasteiger partial charge is 0.267 e. The standard InChI is InChI=1S/C28H27N5O6S3/c34-26-20(14-23-27(35)33(28(40)41-23)19-6-12-42(36,37)16-19)25(29-24-3-1-2-7-32(24)26)31-10-8-30(9-11-31)15-18-4-5-21-22(13-18)39-17-38-21/h1-5,7,13-14,19H,6,8-12,15-17H2. The summed E-state index contributed by atoms with van der Waals surface area (Å²) in [7, 11) is -3.20. The number of rotatable bonds is 5. The lowest BCUT2D eigenvalue weighted by atomic mass is 10.1. The van der Waals surface area contributed by atoms with Crippen molar-refractivity contribution in [1.29, 1.82) is 0 Å². The maximum Gasteiger partial charge on any atom is 0.267 e. The van der Waals surface area contributed by atoms with Crippen LogP contribution in [0.3, 0.4) is 0 Å². The lowest BCUT2D eigenvalue weighted by Gasteiger charge is -2.36. The number of thioether (sulfide) groups is 1. The predicted octanol–water partition coefficient (Wildman–Crippen LogP) is 2.13. The normalized spacial score (nSPS) is 23.0. The number of piperazine rings is 1. The van der Waals surface area contributed by atoms with Gasteiger partial charge >= 0.3 is 0 Å². The molecule has 7 rings (SSSR count). The van der Waals surface area contributed by atoms with Crippen molar-refractivity contribution in [2.75, 3.05) is 49.4 Å². The van der Waals surface area contributed by atoms with Crippen molar-refractivity contribution < 1.29 is 22.7 Å². The molecule has 42 heavy (non-hydrogen) atoms. The van der Waals surface area contributed by atoms with Crippen molar-refractivity contribution in [1.82, 2.24) is 19.2 Å². The number of thiocarbonyl (C=S) groups is 1. The topological polar surface area (TPSA) is 114 Å². The molecule has 0 aliphatic carbocycles. The highest BCUT2D eigenvalue weighted by Gasteiger charge is 2.42. The van der Waals surface area contributed by atoms with Crippen LogP contribution in [0, 0.1) is 0 Å². The van der Waals surface area contributed by atoms with Gasteiger partial charge in [-0.2, -0.15) is 0 Å². The Morgan fingerprint density at radius 2 is 1.88 bits per heavy atom. The number of aromatic nitrogens is 2. The Labute approximate surface area is 251 Å². The van der Waals surface area contributed by atoms with Gasteiger partial charge in [0.1, 0.15) is 15.8 Å². The molecule has 1 atom stereocenters. The summed E-state index contributed by atoms with van der Waals surface area (Å²) in [6.45, 7) is 3.78. The van der Waals surface area contributed by atoms with Crippen molar-refractivity contribution in [2.45, 2.75) is 19.0 Å². The van der Waals surface area contributed by atoms with Gasteiger partial charge in [-0.25, -0.2) is 13.4 Å². The van der Waals surface area contributed by atoms with E-state index in [2.05, 4.69) is 9.80 Å². The van der Waals surface area contributed by atoms with E-state index in [0.717, 1.165) is 48.5 Å². The minimum absolute atomic E-state index is 0.0362. The first-order valence-corrected chi connectivity index (χ1v) is 16.6. The zero-order chi connectivity index (χ0) is 29.0. The molecule has 3 fully saturated rings. The van der Waals surface area contributed by atoms with Crippen molar-refractivity contribution >= 4 is 61.6 Å². The average molecular weight is 626 g/mol. The predicted molar refractivity (Wildman–Crippen MR) is 164 cm³/mol. The minimum atomic E-state index is -3.20. The fourth-order valence-electron chi connectivity index (χ4n) is 5.78. The minimum Gasteiger partial charge on any atom is -0.454 e. The van der Waals surface area contributed by atoms with Crippen LogP contribution < -0.4 is 19.9 Å². The van der Waals surface area contributed by atoms with E-state index in [1.54, 1.807) is 24.4 Å². The van der Waals surface area contributed by atoms with E-state index in [-0.39, 0.29) is 29.8 Å². The summed E-state index contributed by atoms with van der Waals surface area (Å²) < 4.78 is 36.8. The molecule has 14 heteroatoms. The van der Waals surface area contributed by atoms with E-state index in [4.69, 9.17) is 26.7 Å². The number of fused-ring (bicyclic) bond motifs is 2. The molecule has 1 amide bonds. The molecule has 4 aliphatic rings. The van der Waals surface area contributed by atoms with E-state index in [1.807, 2.05) is 24.3 Å². The van der Waals surface area contributed by atoms with E-state index in [1.165, 1.54) is 9.30 Å².